The second-order valence-corrected chi connectivity index (χ2v) is 6.23. The number of aromatic nitrogens is 2. The number of hydrogen-bond donors (Lipinski definition) is 2. The van der Waals surface area contributed by atoms with Gasteiger partial charge in [0.25, 0.3) is 5.91 Å². The molecular formula is C18H20N4O3. The van der Waals surface area contributed by atoms with Gasteiger partial charge in [-0.2, -0.15) is 0 Å². The molecule has 2 N–H and O–H groups in total. The summed E-state index contributed by atoms with van der Waals surface area (Å²) >= 11 is 0. The summed E-state index contributed by atoms with van der Waals surface area (Å²) in [6.45, 7) is 1.10. The van der Waals surface area contributed by atoms with Gasteiger partial charge in [-0.25, -0.2) is 9.97 Å². The molecule has 0 unspecified atom stereocenters. The lowest BCUT2D eigenvalue weighted by molar-refractivity contribution is 0.0932. The van der Waals surface area contributed by atoms with Crippen LogP contribution < -0.4 is 20.1 Å². The molecule has 7 heteroatoms. The molecule has 0 bridgehead atoms. The third kappa shape index (κ3) is 3.65. The molecule has 2 aliphatic rings. The van der Waals surface area contributed by atoms with E-state index in [1.165, 1.54) is 19.2 Å². The van der Waals surface area contributed by atoms with Gasteiger partial charge >= 0.3 is 0 Å². The number of carbonyl (C=O) groups is 1. The average molecular weight is 340 g/mol. The summed E-state index contributed by atoms with van der Waals surface area (Å²) in [5, 5.41) is 6.21. The van der Waals surface area contributed by atoms with E-state index in [9.17, 15) is 4.79 Å². The molecule has 0 radical (unpaired) electrons. The first-order valence-corrected chi connectivity index (χ1v) is 8.57. The van der Waals surface area contributed by atoms with Crippen molar-refractivity contribution in [3.8, 4) is 11.5 Å². The van der Waals surface area contributed by atoms with Crippen molar-refractivity contribution in [3.63, 3.8) is 0 Å². The Morgan fingerprint density at radius 1 is 1.04 bits per heavy atom. The SMILES string of the molecule is O=C(NC1CCCC1)c1cc(Nc2ccc3c(c2)OCCO3)ncn1. The van der Waals surface area contributed by atoms with Crippen molar-refractivity contribution in [2.24, 2.45) is 0 Å². The summed E-state index contributed by atoms with van der Waals surface area (Å²) in [5.74, 6) is 1.84. The second-order valence-electron chi connectivity index (χ2n) is 6.23. The molecule has 0 saturated heterocycles. The second kappa shape index (κ2) is 6.96. The largest absolute Gasteiger partial charge is 0.486 e. The fourth-order valence-electron chi connectivity index (χ4n) is 3.15. The van der Waals surface area contributed by atoms with E-state index in [0.29, 0.717) is 30.5 Å². The molecule has 130 valence electrons. The van der Waals surface area contributed by atoms with E-state index in [1.54, 1.807) is 6.07 Å². The van der Waals surface area contributed by atoms with Crippen LogP contribution in [0.4, 0.5) is 11.5 Å². The van der Waals surface area contributed by atoms with Crippen LogP contribution in [0.3, 0.4) is 0 Å². The van der Waals surface area contributed by atoms with E-state index in [4.69, 9.17) is 9.47 Å². The zero-order valence-corrected chi connectivity index (χ0v) is 13.8. The Balaban J connectivity index is 1.46. The van der Waals surface area contributed by atoms with E-state index in [-0.39, 0.29) is 11.9 Å². The summed E-state index contributed by atoms with van der Waals surface area (Å²) in [7, 11) is 0. The van der Waals surface area contributed by atoms with Crippen molar-refractivity contribution in [2.45, 2.75) is 31.7 Å². The van der Waals surface area contributed by atoms with Gasteiger partial charge in [0.15, 0.2) is 11.5 Å². The highest BCUT2D eigenvalue weighted by molar-refractivity contribution is 5.93. The molecule has 1 aromatic carbocycles. The topological polar surface area (TPSA) is 85.4 Å². The van der Waals surface area contributed by atoms with Gasteiger partial charge in [0.1, 0.15) is 31.1 Å². The van der Waals surface area contributed by atoms with Crippen LogP contribution in [-0.2, 0) is 0 Å². The molecule has 1 aromatic heterocycles. The van der Waals surface area contributed by atoms with Crippen LogP contribution >= 0.6 is 0 Å². The van der Waals surface area contributed by atoms with Gasteiger partial charge in [0, 0.05) is 23.9 Å². The highest BCUT2D eigenvalue weighted by Gasteiger charge is 2.19. The van der Waals surface area contributed by atoms with Crippen molar-refractivity contribution in [2.75, 3.05) is 18.5 Å². The van der Waals surface area contributed by atoms with Crippen LogP contribution in [0.5, 0.6) is 11.5 Å². The van der Waals surface area contributed by atoms with Gasteiger partial charge in [-0.15, -0.1) is 0 Å². The van der Waals surface area contributed by atoms with Crippen molar-refractivity contribution >= 4 is 17.4 Å². The Kier molecular flexibility index (Phi) is 4.37. The van der Waals surface area contributed by atoms with Crippen molar-refractivity contribution < 1.29 is 14.3 Å². The number of anilines is 2. The fraction of sp³-hybridized carbons (Fsp3) is 0.389. The van der Waals surface area contributed by atoms with Crippen LogP contribution in [0.2, 0.25) is 0 Å². The first-order chi connectivity index (χ1) is 12.3. The lowest BCUT2D eigenvalue weighted by atomic mass is 10.2. The van der Waals surface area contributed by atoms with E-state index in [1.807, 2.05) is 18.2 Å². The molecule has 1 saturated carbocycles. The number of nitrogens with one attached hydrogen (secondary N) is 2. The number of nitrogens with zero attached hydrogens (tertiary/aromatic N) is 2. The quantitative estimate of drug-likeness (QED) is 0.890. The highest BCUT2D eigenvalue weighted by atomic mass is 16.6. The van der Waals surface area contributed by atoms with Gasteiger partial charge in [0.2, 0.25) is 0 Å². The summed E-state index contributed by atoms with van der Waals surface area (Å²) in [5.41, 5.74) is 1.17. The molecule has 2 aromatic rings. The molecule has 25 heavy (non-hydrogen) atoms. The first kappa shape index (κ1) is 15.7. The molecule has 1 amide bonds. The fourth-order valence-corrected chi connectivity index (χ4v) is 3.15. The molecule has 1 aliphatic heterocycles. The van der Waals surface area contributed by atoms with Gasteiger partial charge in [-0.05, 0) is 25.0 Å². The molecule has 1 aliphatic carbocycles. The maximum atomic E-state index is 12.3. The predicted octanol–water partition coefficient (Wildman–Crippen LogP) is 2.66. The summed E-state index contributed by atoms with van der Waals surface area (Å²) in [6.07, 6.45) is 5.82. The third-order valence-corrected chi connectivity index (χ3v) is 4.40. The number of ether oxygens (including phenoxy) is 2. The minimum absolute atomic E-state index is 0.153. The minimum atomic E-state index is -0.153. The van der Waals surface area contributed by atoms with Gasteiger partial charge in [-0.1, -0.05) is 12.8 Å². The van der Waals surface area contributed by atoms with Gasteiger partial charge < -0.3 is 20.1 Å². The van der Waals surface area contributed by atoms with E-state index in [2.05, 4.69) is 20.6 Å². The van der Waals surface area contributed by atoms with E-state index in [0.717, 1.165) is 24.3 Å². The number of hydrogen-bond acceptors (Lipinski definition) is 6. The maximum absolute atomic E-state index is 12.3. The number of carbonyl (C=O) groups excluding carboxylic acids is 1. The van der Waals surface area contributed by atoms with Crippen LogP contribution in [0.15, 0.2) is 30.6 Å². The lowest BCUT2D eigenvalue weighted by Gasteiger charge is -2.19. The van der Waals surface area contributed by atoms with Crippen molar-refractivity contribution in [1.29, 1.82) is 0 Å². The maximum Gasteiger partial charge on any atom is 0.270 e. The summed E-state index contributed by atoms with van der Waals surface area (Å²) < 4.78 is 11.1. The number of amides is 1. The predicted molar refractivity (Wildman–Crippen MR) is 92.5 cm³/mol. The Morgan fingerprint density at radius 2 is 1.84 bits per heavy atom. The van der Waals surface area contributed by atoms with E-state index >= 15 is 0 Å². The average Bonchev–Trinajstić information content (AvgIpc) is 3.15. The van der Waals surface area contributed by atoms with Gasteiger partial charge in [-0.3, -0.25) is 4.79 Å². The number of benzene rings is 1. The standard InChI is InChI=1S/C18H20N4O3/c23-18(22-12-3-1-2-4-12)14-10-17(20-11-19-14)21-13-5-6-15-16(9-13)25-8-7-24-15/h5-6,9-12H,1-4,7-8H2,(H,22,23)(H,19,20,21). The first-order valence-electron chi connectivity index (χ1n) is 8.57. The molecule has 0 spiro atoms. The zero-order chi connectivity index (χ0) is 17.1. The molecule has 2 heterocycles. The summed E-state index contributed by atoms with van der Waals surface area (Å²) in [4.78, 5) is 20.6. The smallest absolute Gasteiger partial charge is 0.270 e. The van der Waals surface area contributed by atoms with Gasteiger partial charge in [0.05, 0.1) is 0 Å². The zero-order valence-electron chi connectivity index (χ0n) is 13.8. The van der Waals surface area contributed by atoms with Crippen LogP contribution in [0.1, 0.15) is 36.2 Å². The van der Waals surface area contributed by atoms with Crippen LogP contribution in [0.25, 0.3) is 0 Å². The Hall–Kier alpha value is -2.83. The Labute approximate surface area is 145 Å². The van der Waals surface area contributed by atoms with Crippen LogP contribution in [-0.4, -0.2) is 35.1 Å². The summed E-state index contributed by atoms with van der Waals surface area (Å²) in [6, 6.07) is 7.51. The highest BCUT2D eigenvalue weighted by Crippen LogP contribution is 2.33. The molecule has 1 fully saturated rings. The van der Waals surface area contributed by atoms with Crippen LogP contribution in [0, 0.1) is 0 Å². The monoisotopic (exact) mass is 340 g/mol. The van der Waals surface area contributed by atoms with Crippen molar-refractivity contribution in [1.82, 2.24) is 15.3 Å². The van der Waals surface area contributed by atoms with Crippen molar-refractivity contribution in [3.05, 3.63) is 36.3 Å². The van der Waals surface area contributed by atoms with E-state index < -0.39 is 0 Å². The molecule has 0 atom stereocenters. The lowest BCUT2D eigenvalue weighted by Crippen LogP contribution is -2.33. The molecule has 7 nitrogen and oxygen atoms in total. The molecular weight excluding hydrogens is 320 g/mol. The normalized spacial score (nSPS) is 16.5. The number of fused-ring (bicyclic) bond motifs is 1. The Bertz CT molecular complexity index is 775. The number of rotatable bonds is 4. The minimum Gasteiger partial charge on any atom is -0.486 e. The Morgan fingerprint density at radius 3 is 2.68 bits per heavy atom. The molecule has 4 rings (SSSR count). The third-order valence-electron chi connectivity index (χ3n) is 4.40.